The summed E-state index contributed by atoms with van der Waals surface area (Å²) in [6.45, 7) is 2.05. The van der Waals surface area contributed by atoms with E-state index in [1.165, 1.54) is 18.4 Å². The minimum absolute atomic E-state index is 0.386. The highest BCUT2D eigenvalue weighted by Gasteiger charge is 2.20. The van der Waals surface area contributed by atoms with Gasteiger partial charge in [-0.15, -0.1) is 0 Å². The molecule has 3 aromatic rings. The zero-order valence-electron chi connectivity index (χ0n) is 14.6. The van der Waals surface area contributed by atoms with Gasteiger partial charge in [0, 0.05) is 35.3 Å². The normalized spacial score (nSPS) is 15.5. The molecule has 4 rings (SSSR count). The van der Waals surface area contributed by atoms with E-state index in [0.29, 0.717) is 11.5 Å². The third kappa shape index (κ3) is 3.42. The fourth-order valence-corrected chi connectivity index (χ4v) is 3.95. The Kier molecular flexibility index (Phi) is 4.60. The van der Waals surface area contributed by atoms with Crippen LogP contribution in [0.15, 0.2) is 54.7 Å². The second-order valence-corrected chi connectivity index (χ2v) is 7.46. The van der Waals surface area contributed by atoms with Crippen LogP contribution in [0.4, 0.5) is 0 Å². The number of piperidine rings is 1. The van der Waals surface area contributed by atoms with Crippen molar-refractivity contribution in [2.75, 3.05) is 18.1 Å². The Bertz CT molecular complexity index is 924. The summed E-state index contributed by atoms with van der Waals surface area (Å²) in [6.07, 6.45) is 5.53. The molecule has 0 aliphatic carbocycles. The number of fused-ring (bicyclic) bond motifs is 1. The predicted molar refractivity (Wildman–Crippen MR) is 106 cm³/mol. The van der Waals surface area contributed by atoms with Crippen LogP contribution in [0, 0.1) is 5.92 Å². The van der Waals surface area contributed by atoms with E-state index in [9.17, 15) is 4.79 Å². The van der Waals surface area contributed by atoms with Crippen LogP contribution in [0.5, 0.6) is 0 Å². The van der Waals surface area contributed by atoms with E-state index >= 15 is 0 Å². The molecule has 1 fully saturated rings. The van der Waals surface area contributed by atoms with Gasteiger partial charge < -0.3 is 10.7 Å². The first-order valence-corrected chi connectivity index (χ1v) is 9.38. The lowest BCUT2D eigenvalue weighted by molar-refractivity contribution is 0.100. The minimum Gasteiger partial charge on any atom is -0.366 e. The molecule has 0 saturated carbocycles. The Morgan fingerprint density at radius 1 is 1.08 bits per heavy atom. The predicted octanol–water partition coefficient (Wildman–Crippen LogP) is 3.98. The zero-order valence-corrected chi connectivity index (χ0v) is 15.3. The molecule has 0 bridgehead atoms. The maximum absolute atomic E-state index is 11.4. The van der Waals surface area contributed by atoms with E-state index < -0.39 is 0 Å². The topological polar surface area (TPSA) is 51.3 Å². The van der Waals surface area contributed by atoms with Crippen molar-refractivity contribution in [2.24, 2.45) is 11.7 Å². The number of halogens is 1. The van der Waals surface area contributed by atoms with Gasteiger partial charge in [0.25, 0.3) is 0 Å². The van der Waals surface area contributed by atoms with E-state index in [1.807, 2.05) is 30.3 Å². The second kappa shape index (κ2) is 7.04. The lowest BCUT2D eigenvalue weighted by Crippen LogP contribution is -2.41. The summed E-state index contributed by atoms with van der Waals surface area (Å²) in [7, 11) is 0. The molecular formula is C21H22ClN3O. The second-order valence-electron chi connectivity index (χ2n) is 7.03. The summed E-state index contributed by atoms with van der Waals surface area (Å²) in [5.74, 6) is 0.318. The van der Waals surface area contributed by atoms with E-state index in [0.717, 1.165) is 35.4 Å². The lowest BCUT2D eigenvalue weighted by atomic mass is 9.91. The quantitative estimate of drug-likeness (QED) is 0.758. The molecule has 1 aromatic heterocycles. The van der Waals surface area contributed by atoms with Crippen molar-refractivity contribution in [3.8, 4) is 0 Å². The first-order chi connectivity index (χ1) is 12.6. The van der Waals surface area contributed by atoms with Crippen LogP contribution in [0.25, 0.3) is 10.9 Å². The largest absolute Gasteiger partial charge is 0.366 e. The van der Waals surface area contributed by atoms with Gasteiger partial charge in [0.15, 0.2) is 0 Å². The first kappa shape index (κ1) is 17.0. The number of amides is 1. The molecule has 1 amide bonds. The smallest absolute Gasteiger partial charge is 0.248 e. The average Bonchev–Trinajstić information content (AvgIpc) is 3.07. The van der Waals surface area contributed by atoms with Crippen molar-refractivity contribution >= 4 is 28.4 Å². The summed E-state index contributed by atoms with van der Waals surface area (Å²) >= 11 is 5.97. The van der Waals surface area contributed by atoms with Gasteiger partial charge in [-0.2, -0.15) is 0 Å². The van der Waals surface area contributed by atoms with E-state index in [2.05, 4.69) is 28.0 Å². The Balaban J connectivity index is 1.44. The summed E-state index contributed by atoms with van der Waals surface area (Å²) in [6, 6.07) is 15.9. The number of aromatic nitrogens is 1. The Labute approximate surface area is 158 Å². The van der Waals surface area contributed by atoms with Crippen LogP contribution in [0.1, 0.15) is 28.8 Å². The van der Waals surface area contributed by atoms with Crippen LogP contribution in [-0.2, 0) is 6.42 Å². The van der Waals surface area contributed by atoms with Gasteiger partial charge >= 0.3 is 0 Å². The van der Waals surface area contributed by atoms with Crippen molar-refractivity contribution in [1.82, 2.24) is 4.68 Å². The van der Waals surface area contributed by atoms with Crippen LogP contribution < -0.4 is 10.7 Å². The van der Waals surface area contributed by atoms with E-state index in [4.69, 9.17) is 17.3 Å². The number of nitrogens with zero attached hydrogens (tertiary/aromatic N) is 2. The van der Waals surface area contributed by atoms with Gasteiger partial charge in [0.1, 0.15) is 0 Å². The van der Waals surface area contributed by atoms with Gasteiger partial charge in [0.2, 0.25) is 5.91 Å². The molecule has 0 unspecified atom stereocenters. The van der Waals surface area contributed by atoms with Crippen molar-refractivity contribution in [2.45, 2.75) is 19.3 Å². The SMILES string of the molecule is NC(=O)c1ccc2c(ccn2N2CCC(Cc3ccc(Cl)cc3)CC2)c1. The van der Waals surface area contributed by atoms with Crippen molar-refractivity contribution in [3.05, 3.63) is 70.9 Å². The average molecular weight is 368 g/mol. The third-order valence-electron chi connectivity index (χ3n) is 5.29. The van der Waals surface area contributed by atoms with Gasteiger partial charge in [-0.1, -0.05) is 23.7 Å². The van der Waals surface area contributed by atoms with Gasteiger partial charge in [0.05, 0.1) is 5.52 Å². The fraction of sp³-hybridized carbons (Fsp3) is 0.286. The number of carbonyl (C=O) groups is 1. The highest BCUT2D eigenvalue weighted by Crippen LogP contribution is 2.24. The molecule has 0 spiro atoms. The fourth-order valence-electron chi connectivity index (χ4n) is 3.82. The van der Waals surface area contributed by atoms with Crippen LogP contribution in [0.2, 0.25) is 5.02 Å². The summed E-state index contributed by atoms with van der Waals surface area (Å²) in [5, 5.41) is 4.22. The molecule has 5 heteroatoms. The Morgan fingerprint density at radius 2 is 1.81 bits per heavy atom. The molecule has 0 atom stereocenters. The van der Waals surface area contributed by atoms with Crippen molar-refractivity contribution < 1.29 is 4.79 Å². The van der Waals surface area contributed by atoms with E-state index in [-0.39, 0.29) is 5.91 Å². The number of nitrogens with two attached hydrogens (primary N) is 1. The minimum atomic E-state index is -0.386. The number of primary amides is 1. The summed E-state index contributed by atoms with van der Waals surface area (Å²) < 4.78 is 2.21. The van der Waals surface area contributed by atoms with Crippen LogP contribution in [-0.4, -0.2) is 23.7 Å². The lowest BCUT2D eigenvalue weighted by Gasteiger charge is -2.34. The number of rotatable bonds is 4. The maximum atomic E-state index is 11.4. The van der Waals surface area contributed by atoms with Crippen LogP contribution >= 0.6 is 11.6 Å². The number of benzene rings is 2. The molecule has 2 N–H and O–H groups in total. The molecule has 1 saturated heterocycles. The number of carbonyl (C=O) groups excluding carboxylic acids is 1. The first-order valence-electron chi connectivity index (χ1n) is 9.01. The highest BCUT2D eigenvalue weighted by molar-refractivity contribution is 6.30. The van der Waals surface area contributed by atoms with Crippen molar-refractivity contribution in [1.29, 1.82) is 0 Å². The van der Waals surface area contributed by atoms with Gasteiger partial charge in [-0.05, 0) is 67.1 Å². The maximum Gasteiger partial charge on any atom is 0.248 e. The Morgan fingerprint density at radius 3 is 2.50 bits per heavy atom. The molecule has 4 nitrogen and oxygen atoms in total. The zero-order chi connectivity index (χ0) is 18.1. The molecular weight excluding hydrogens is 346 g/mol. The molecule has 1 aliphatic heterocycles. The molecule has 1 aliphatic rings. The van der Waals surface area contributed by atoms with Gasteiger partial charge in [-0.3, -0.25) is 9.47 Å². The monoisotopic (exact) mass is 367 g/mol. The molecule has 2 heterocycles. The molecule has 134 valence electrons. The molecule has 26 heavy (non-hydrogen) atoms. The van der Waals surface area contributed by atoms with Crippen molar-refractivity contribution in [3.63, 3.8) is 0 Å². The molecule has 0 radical (unpaired) electrons. The third-order valence-corrected chi connectivity index (χ3v) is 5.54. The summed E-state index contributed by atoms with van der Waals surface area (Å²) in [5.41, 5.74) is 8.41. The molecule has 2 aromatic carbocycles. The van der Waals surface area contributed by atoms with Crippen LogP contribution in [0.3, 0.4) is 0 Å². The standard InChI is InChI=1S/C21H22ClN3O/c22-19-4-1-15(2-5-19)13-16-7-10-24(11-8-16)25-12-9-17-14-18(21(23)26)3-6-20(17)25/h1-6,9,12,14,16H,7-8,10-11,13H2,(H2,23,26). The highest BCUT2D eigenvalue weighted by atomic mass is 35.5. The van der Waals surface area contributed by atoms with E-state index in [1.54, 1.807) is 6.07 Å². The Hall–Kier alpha value is -2.46. The number of hydrogen-bond acceptors (Lipinski definition) is 2. The summed E-state index contributed by atoms with van der Waals surface area (Å²) in [4.78, 5) is 11.4. The number of hydrogen-bond donors (Lipinski definition) is 1. The van der Waals surface area contributed by atoms with Gasteiger partial charge in [-0.25, -0.2) is 0 Å².